The van der Waals surface area contributed by atoms with Gasteiger partial charge in [0.15, 0.2) is 23.0 Å². The number of nitrogen functional groups attached to an aromatic ring is 2. The van der Waals surface area contributed by atoms with Crippen LogP contribution in [-0.4, -0.2) is 21.5 Å². The summed E-state index contributed by atoms with van der Waals surface area (Å²) >= 11 is 0. The highest BCUT2D eigenvalue weighted by Gasteiger charge is 2.31. The van der Waals surface area contributed by atoms with Crippen LogP contribution in [0.25, 0.3) is 86.7 Å². The Morgan fingerprint density at radius 1 is 0.389 bits per heavy atom. The van der Waals surface area contributed by atoms with Gasteiger partial charge in [-0.1, -0.05) is 140 Å². The normalized spacial score (nSPS) is 11.9. The standard InChI is InChI=1S/C40H21N5O.C32H19NO3.C8H6N4.ClH.H2/c1-42-32-22-34-33(21-26(32)23-41)43-39-29-9-3-2-8-28(29)31-20-25(16-19-30(31)40(39)44-34)24-14-17-27(18-15-24)45-35-10-4-6-12-37(35)46-38-13-7-5-11-36(38)45;34-31-24-8-2-1-7-23(24)26-19-21(15-18-25(26)32(31)35)20-13-16-22(17-14-20)33-27-9-3-5-11-29(27)36-30-12-6-4-10-28(30)33;1-12-8-3-7(11)6(10)2-5(8)4-9;;/h2-22H;1-19H;2-3H,10-11H2;2*1H/i;;;;1+1. The monoisotopic (exact) mass is 1250 g/mol. The fraction of sp³-hybridized carbons (Fsp3) is 0. The van der Waals surface area contributed by atoms with Gasteiger partial charge in [-0.25, -0.2) is 19.7 Å². The molecule has 3 aliphatic rings. The summed E-state index contributed by atoms with van der Waals surface area (Å²) in [6.45, 7) is 14.3. The molecule has 3 heterocycles. The van der Waals surface area contributed by atoms with Crippen LogP contribution in [0.4, 0.5) is 56.9 Å². The van der Waals surface area contributed by atoms with Gasteiger partial charge in [0.1, 0.15) is 0 Å². The van der Waals surface area contributed by atoms with Crippen molar-refractivity contribution in [3.63, 3.8) is 0 Å². The van der Waals surface area contributed by atoms with Crippen LogP contribution < -0.4 is 30.7 Å². The van der Waals surface area contributed by atoms with Crippen molar-refractivity contribution in [1.29, 1.82) is 10.5 Å². The van der Waals surface area contributed by atoms with Crippen molar-refractivity contribution in [1.82, 2.24) is 9.97 Å². The molecule has 0 spiro atoms. The molecule has 14 nitrogen and oxygen atoms in total. The largest absolute Gasteiger partial charge is 0.453 e. The molecule has 450 valence electrons. The lowest BCUT2D eigenvalue weighted by molar-refractivity contribution is 0.0815. The molecule has 14 aromatic rings. The third kappa shape index (κ3) is 10.4. The maximum Gasteiger partial charge on any atom is 0.234 e. The Morgan fingerprint density at radius 2 is 0.779 bits per heavy atom. The third-order valence-electron chi connectivity index (χ3n) is 16.9. The predicted molar refractivity (Wildman–Crippen MR) is 380 cm³/mol. The molecule has 0 unspecified atom stereocenters. The van der Waals surface area contributed by atoms with Crippen LogP contribution in [0.2, 0.25) is 0 Å². The predicted octanol–water partition coefficient (Wildman–Crippen LogP) is 20.7. The molecule has 17 rings (SSSR count). The molecule has 0 fully saturated rings. The number of carbonyl (C=O) groups is 2. The van der Waals surface area contributed by atoms with Gasteiger partial charge in [0.2, 0.25) is 22.9 Å². The number of carbonyl (C=O) groups excluding carboxylic acids is 2. The number of fused-ring (bicyclic) bond motifs is 14. The molecule has 0 saturated heterocycles. The van der Waals surface area contributed by atoms with Gasteiger partial charge in [-0.05, 0) is 159 Å². The maximum atomic E-state index is 12.7. The average molecular weight is 1250 g/mol. The van der Waals surface area contributed by atoms with Crippen LogP contribution in [0.1, 0.15) is 33.3 Å². The van der Waals surface area contributed by atoms with Crippen LogP contribution in [-0.2, 0) is 0 Å². The number of nitriles is 2. The molecule has 15 heteroatoms. The van der Waals surface area contributed by atoms with Gasteiger partial charge < -0.3 is 30.7 Å². The van der Waals surface area contributed by atoms with E-state index in [4.69, 9.17) is 49.3 Å². The van der Waals surface area contributed by atoms with Crippen molar-refractivity contribution in [2.45, 2.75) is 0 Å². The van der Waals surface area contributed by atoms with Crippen LogP contribution >= 0.6 is 12.4 Å². The summed E-state index contributed by atoms with van der Waals surface area (Å²) in [4.78, 5) is 46.3. The summed E-state index contributed by atoms with van der Waals surface area (Å²) in [5, 5.41) is 22.3. The van der Waals surface area contributed by atoms with Gasteiger partial charge in [-0.2, -0.15) is 10.5 Å². The number of hydrogen-bond acceptors (Lipinski definition) is 12. The fourth-order valence-electron chi connectivity index (χ4n) is 12.4. The zero-order valence-electron chi connectivity index (χ0n) is 50.0. The van der Waals surface area contributed by atoms with Crippen molar-refractivity contribution in [3.05, 3.63) is 300 Å². The number of Topliss-reactive ketones (excluding diaryl/α,β-unsaturated/α-hetero) is 2. The second kappa shape index (κ2) is 24.3. The Bertz CT molecular complexity index is 5610. The first-order valence-corrected chi connectivity index (χ1v) is 29.8. The number of ether oxygens (including phenoxy) is 2. The number of benzene rings is 13. The minimum Gasteiger partial charge on any atom is -0.453 e. The van der Waals surface area contributed by atoms with Crippen LogP contribution in [0, 0.1) is 35.8 Å². The molecule has 0 bridgehead atoms. The molecular weight excluding hydrogens is 1200 g/mol. The molecule has 95 heavy (non-hydrogen) atoms. The van der Waals surface area contributed by atoms with E-state index in [0.29, 0.717) is 39.1 Å². The molecule has 0 atom stereocenters. The summed E-state index contributed by atoms with van der Waals surface area (Å²) in [6.07, 6.45) is 0. The highest BCUT2D eigenvalue weighted by Crippen LogP contribution is 2.52. The zero-order chi connectivity index (χ0) is 64.1. The van der Waals surface area contributed by atoms with E-state index in [1.165, 1.54) is 12.1 Å². The third-order valence-corrected chi connectivity index (χ3v) is 16.9. The number of rotatable bonds is 4. The summed E-state index contributed by atoms with van der Waals surface area (Å²) in [5.41, 5.74) is 28.1. The number of aromatic nitrogens is 2. The number of para-hydroxylation sites is 8. The molecule has 4 N–H and O–H groups in total. The van der Waals surface area contributed by atoms with Gasteiger partial charge in [-0.3, -0.25) is 9.59 Å². The summed E-state index contributed by atoms with van der Waals surface area (Å²) in [7, 11) is 0. The average Bonchev–Trinajstić information content (AvgIpc) is 0.621. The quantitative estimate of drug-likeness (QED) is 0.0558. The van der Waals surface area contributed by atoms with Crippen molar-refractivity contribution >= 4 is 124 Å². The van der Waals surface area contributed by atoms with Gasteiger partial charge in [0.05, 0.1) is 86.9 Å². The van der Waals surface area contributed by atoms with E-state index in [2.05, 4.69) is 129 Å². The minimum absolute atomic E-state index is 0. The molecule has 0 saturated carbocycles. The highest BCUT2D eigenvalue weighted by atomic mass is 35.5. The van der Waals surface area contributed by atoms with Gasteiger partial charge >= 0.3 is 0 Å². The lowest BCUT2D eigenvalue weighted by Crippen LogP contribution is -2.21. The second-order valence-corrected chi connectivity index (χ2v) is 22.3. The molecular formula is C80H49ClN10O4. The number of nitrogens with two attached hydrogens (primary N) is 2. The Morgan fingerprint density at radius 3 is 1.29 bits per heavy atom. The number of anilines is 8. The van der Waals surface area contributed by atoms with Crippen molar-refractivity contribution in [2.75, 3.05) is 21.3 Å². The summed E-state index contributed by atoms with van der Waals surface area (Å²) in [5.74, 6) is 2.38. The first kappa shape index (κ1) is 59.0. The highest BCUT2D eigenvalue weighted by molar-refractivity contribution is 6.53. The van der Waals surface area contributed by atoms with E-state index in [0.717, 1.165) is 123 Å². The minimum atomic E-state index is -0.449. The van der Waals surface area contributed by atoms with E-state index in [1.807, 2.05) is 115 Å². The first-order chi connectivity index (χ1) is 46.1. The molecule has 13 aromatic carbocycles. The van der Waals surface area contributed by atoms with Gasteiger partial charge in [-0.15, -0.1) is 12.4 Å². The Balaban J connectivity index is 0.000000148. The zero-order valence-corrected chi connectivity index (χ0v) is 50.8. The van der Waals surface area contributed by atoms with Crippen molar-refractivity contribution in [3.8, 4) is 68.5 Å². The van der Waals surface area contributed by atoms with Gasteiger partial charge in [0, 0.05) is 40.4 Å². The van der Waals surface area contributed by atoms with E-state index in [1.54, 1.807) is 30.3 Å². The number of ketones is 2. The molecule has 1 aliphatic carbocycles. The topological polar surface area (TPSA) is 193 Å². The Kier molecular flexibility index (Phi) is 15.1. The number of halogens is 1. The summed E-state index contributed by atoms with van der Waals surface area (Å²) in [6, 6.07) is 87.0. The van der Waals surface area contributed by atoms with E-state index in [-0.39, 0.29) is 30.8 Å². The molecule has 0 radical (unpaired) electrons. The first-order valence-electron chi connectivity index (χ1n) is 29.8. The van der Waals surface area contributed by atoms with E-state index < -0.39 is 11.6 Å². The second-order valence-electron chi connectivity index (χ2n) is 22.3. The van der Waals surface area contributed by atoms with Crippen LogP contribution in [0.3, 0.4) is 0 Å². The Hall–Kier alpha value is -13.6. The fourth-order valence-corrected chi connectivity index (χ4v) is 12.4. The maximum absolute atomic E-state index is 12.7. The smallest absolute Gasteiger partial charge is 0.234 e. The molecule has 1 aromatic heterocycles. The van der Waals surface area contributed by atoms with Crippen LogP contribution in [0.5, 0.6) is 23.0 Å². The SMILES string of the molecule is Cl.O=C1C(=O)c2ccc(-c3ccc(N4c5ccccc5Oc5ccccc54)cc3)cc2-c2ccccc21.[2HH].[C-]#[N+]c1cc(N)c(N)cc1C#N.[C-]#[N+]c1cc2nc3c4ccc(-c5ccc(N6c7ccccc7Oc7ccccc76)cc5)cc4c4ccccc4c3nc2cc1C#N. The number of hydrogen-bond donors (Lipinski definition) is 2. The van der Waals surface area contributed by atoms with Crippen molar-refractivity contribution < 1.29 is 20.5 Å². The van der Waals surface area contributed by atoms with Crippen LogP contribution in [0.15, 0.2) is 255 Å². The van der Waals surface area contributed by atoms with E-state index in [9.17, 15) is 14.9 Å². The number of nitrogens with zero attached hydrogens (tertiary/aromatic N) is 8. The van der Waals surface area contributed by atoms with E-state index >= 15 is 0 Å². The van der Waals surface area contributed by atoms with Gasteiger partial charge in [0.25, 0.3) is 0 Å². The molecule has 2 aliphatic heterocycles. The lowest BCUT2D eigenvalue weighted by Gasteiger charge is -2.32. The summed E-state index contributed by atoms with van der Waals surface area (Å²) < 4.78 is 12.3. The lowest BCUT2D eigenvalue weighted by atomic mass is 9.82. The Labute approximate surface area is 552 Å². The molecule has 0 amide bonds. The van der Waals surface area contributed by atoms with Crippen molar-refractivity contribution in [2.24, 2.45) is 0 Å².